The first kappa shape index (κ1) is 22.3. The fourth-order valence-corrected chi connectivity index (χ4v) is 3.64. The number of ether oxygens (including phenoxy) is 1. The average Bonchev–Trinajstić information content (AvgIpc) is 2.79. The van der Waals surface area contributed by atoms with Crippen LogP contribution in [0.4, 0.5) is 0 Å². The quantitative estimate of drug-likeness (QED) is 0.508. The second kappa shape index (κ2) is 9.59. The van der Waals surface area contributed by atoms with Crippen LogP contribution in [0.2, 0.25) is 0 Å². The molecule has 0 aliphatic carbocycles. The first-order valence-corrected chi connectivity index (χ1v) is 9.90. The number of benzene rings is 2. The van der Waals surface area contributed by atoms with Gasteiger partial charge in [0.2, 0.25) is 0 Å². The maximum absolute atomic E-state index is 12.8. The highest BCUT2D eigenvalue weighted by Crippen LogP contribution is 2.37. The van der Waals surface area contributed by atoms with Gasteiger partial charge in [-0.15, -0.1) is 0 Å². The van der Waals surface area contributed by atoms with Gasteiger partial charge in [0.15, 0.2) is 0 Å². The second-order valence-corrected chi connectivity index (χ2v) is 7.22. The van der Waals surface area contributed by atoms with Crippen LogP contribution in [0.15, 0.2) is 58.6 Å². The number of nitrogens with zero attached hydrogens (tertiary/aromatic N) is 2. The van der Waals surface area contributed by atoms with E-state index in [0.717, 1.165) is 27.6 Å². The van der Waals surface area contributed by atoms with Gasteiger partial charge in [-0.2, -0.15) is 0 Å². The number of aliphatic imine (C=N–C) groups is 1. The summed E-state index contributed by atoms with van der Waals surface area (Å²) in [5, 5.41) is 20.9. The molecule has 2 aromatic carbocycles. The van der Waals surface area contributed by atoms with E-state index in [0.29, 0.717) is 16.7 Å². The van der Waals surface area contributed by atoms with E-state index in [-0.39, 0.29) is 18.6 Å². The molecule has 7 heteroatoms. The van der Waals surface area contributed by atoms with Crippen LogP contribution in [0, 0.1) is 0 Å². The van der Waals surface area contributed by atoms with Crippen molar-refractivity contribution in [2.45, 2.75) is 12.5 Å². The molecule has 4 N–H and O–H groups in total. The number of hydrogen-bond donors (Lipinski definition) is 3. The maximum Gasteiger partial charge on any atom is 0.258 e. The van der Waals surface area contributed by atoms with Gasteiger partial charge in [0, 0.05) is 67.8 Å². The van der Waals surface area contributed by atoms with Crippen molar-refractivity contribution in [1.82, 2.24) is 4.57 Å². The summed E-state index contributed by atoms with van der Waals surface area (Å²) in [6.07, 6.45) is 4.31. The molecule has 31 heavy (non-hydrogen) atoms. The Balaban J connectivity index is 2.34. The van der Waals surface area contributed by atoms with Crippen molar-refractivity contribution < 1.29 is 14.9 Å². The van der Waals surface area contributed by atoms with Gasteiger partial charge < -0.3 is 25.3 Å². The van der Waals surface area contributed by atoms with Gasteiger partial charge in [0.05, 0.1) is 13.2 Å². The molecule has 1 heterocycles. The highest BCUT2D eigenvalue weighted by Gasteiger charge is 2.17. The Bertz CT molecular complexity index is 1210. The van der Waals surface area contributed by atoms with Gasteiger partial charge in [-0.25, -0.2) is 0 Å². The van der Waals surface area contributed by atoms with Crippen molar-refractivity contribution in [3.63, 3.8) is 0 Å². The third kappa shape index (κ3) is 4.38. The topological polar surface area (TPSA) is 110 Å². The van der Waals surface area contributed by atoms with Crippen molar-refractivity contribution in [3.05, 3.63) is 70.3 Å². The first-order valence-electron chi connectivity index (χ1n) is 9.90. The molecule has 3 rings (SSSR count). The summed E-state index contributed by atoms with van der Waals surface area (Å²) in [6, 6.07) is 10.9. The van der Waals surface area contributed by atoms with E-state index in [2.05, 4.69) is 4.99 Å². The van der Waals surface area contributed by atoms with Gasteiger partial charge in [-0.1, -0.05) is 12.1 Å². The molecule has 1 aromatic heterocycles. The third-order valence-corrected chi connectivity index (χ3v) is 5.27. The summed E-state index contributed by atoms with van der Waals surface area (Å²) in [5.74, 6) is 0.606. The monoisotopic (exact) mass is 421 g/mol. The number of allylic oxidation sites excluding steroid dienone is 1. The molecule has 1 unspecified atom stereocenters. The number of hydrogen-bond acceptors (Lipinski definition) is 6. The molecule has 0 bridgehead atoms. The minimum absolute atomic E-state index is 0.122. The Hall–Kier alpha value is -3.42. The zero-order valence-corrected chi connectivity index (χ0v) is 17.9. The predicted molar refractivity (Wildman–Crippen MR) is 124 cm³/mol. The summed E-state index contributed by atoms with van der Waals surface area (Å²) in [5.41, 5.74) is 9.38. The number of pyridine rings is 1. The Morgan fingerprint density at radius 1 is 1.23 bits per heavy atom. The molecule has 0 spiro atoms. The largest absolute Gasteiger partial charge is 0.496 e. The predicted octanol–water partition coefficient (Wildman–Crippen LogP) is 2.63. The summed E-state index contributed by atoms with van der Waals surface area (Å²) >= 11 is 0. The van der Waals surface area contributed by atoms with Crippen LogP contribution in [0.3, 0.4) is 0 Å². The van der Waals surface area contributed by atoms with E-state index < -0.39 is 6.10 Å². The maximum atomic E-state index is 12.8. The second-order valence-electron chi connectivity index (χ2n) is 7.22. The Morgan fingerprint density at radius 3 is 2.65 bits per heavy atom. The molecular weight excluding hydrogens is 394 g/mol. The molecule has 162 valence electrons. The van der Waals surface area contributed by atoms with E-state index in [1.165, 1.54) is 10.8 Å². The smallest absolute Gasteiger partial charge is 0.258 e. The van der Waals surface area contributed by atoms with Gasteiger partial charge in [-0.3, -0.25) is 9.79 Å². The van der Waals surface area contributed by atoms with Crippen LogP contribution in [0.25, 0.3) is 27.5 Å². The lowest BCUT2D eigenvalue weighted by Crippen LogP contribution is -2.17. The van der Waals surface area contributed by atoms with Gasteiger partial charge in [0.1, 0.15) is 5.75 Å². The fourth-order valence-electron chi connectivity index (χ4n) is 3.64. The molecular formula is C24H27N3O4. The molecule has 0 aliphatic rings. The number of rotatable bonds is 7. The van der Waals surface area contributed by atoms with E-state index >= 15 is 0 Å². The summed E-state index contributed by atoms with van der Waals surface area (Å²) in [4.78, 5) is 16.8. The van der Waals surface area contributed by atoms with E-state index in [1.807, 2.05) is 18.2 Å². The molecule has 7 nitrogen and oxygen atoms in total. The highest BCUT2D eigenvalue weighted by molar-refractivity contribution is 6.11. The number of aromatic nitrogens is 1. The van der Waals surface area contributed by atoms with Gasteiger partial charge in [-0.05, 0) is 40.8 Å². The lowest BCUT2D eigenvalue weighted by molar-refractivity contribution is 0.134. The number of fused-ring (bicyclic) bond motifs is 1. The van der Waals surface area contributed by atoms with Crippen LogP contribution < -0.4 is 16.0 Å². The number of aryl methyl sites for hydroxylation is 1. The Labute approximate surface area is 180 Å². The minimum atomic E-state index is -0.809. The molecule has 0 aliphatic heterocycles. The Morgan fingerprint density at radius 2 is 2.00 bits per heavy atom. The number of aliphatic hydroxyl groups is 2. The molecule has 0 saturated carbocycles. The average molecular weight is 421 g/mol. The fraction of sp³-hybridized carbons (Fsp3) is 0.250. The van der Waals surface area contributed by atoms with Crippen LogP contribution in [-0.4, -0.2) is 41.8 Å². The molecule has 0 saturated heterocycles. The van der Waals surface area contributed by atoms with Crippen molar-refractivity contribution in [1.29, 1.82) is 0 Å². The van der Waals surface area contributed by atoms with E-state index in [9.17, 15) is 15.0 Å². The van der Waals surface area contributed by atoms with Crippen molar-refractivity contribution in [3.8, 4) is 16.9 Å². The van der Waals surface area contributed by atoms with E-state index in [1.54, 1.807) is 51.8 Å². The molecule has 0 fully saturated rings. The van der Waals surface area contributed by atoms with Crippen molar-refractivity contribution in [2.24, 2.45) is 17.8 Å². The molecule has 3 aromatic rings. The third-order valence-electron chi connectivity index (χ3n) is 5.27. The first-order chi connectivity index (χ1) is 14.9. The van der Waals surface area contributed by atoms with Gasteiger partial charge in [0.25, 0.3) is 5.56 Å². The van der Waals surface area contributed by atoms with E-state index in [4.69, 9.17) is 10.5 Å². The van der Waals surface area contributed by atoms with Crippen LogP contribution in [-0.2, 0) is 7.05 Å². The van der Waals surface area contributed by atoms with Crippen LogP contribution in [0.5, 0.6) is 5.75 Å². The lowest BCUT2D eigenvalue weighted by atomic mass is 9.94. The zero-order valence-electron chi connectivity index (χ0n) is 17.9. The van der Waals surface area contributed by atoms with Crippen molar-refractivity contribution in [2.75, 3.05) is 20.8 Å². The van der Waals surface area contributed by atoms with Gasteiger partial charge >= 0.3 is 0 Å². The highest BCUT2D eigenvalue weighted by atomic mass is 16.5. The zero-order chi connectivity index (χ0) is 22.5. The summed E-state index contributed by atoms with van der Waals surface area (Å²) < 4.78 is 7.11. The summed E-state index contributed by atoms with van der Waals surface area (Å²) in [6.45, 7) is -0.123. The Kier molecular flexibility index (Phi) is 6.89. The minimum Gasteiger partial charge on any atom is -0.496 e. The number of aliphatic hydroxyl groups excluding tert-OH is 2. The van der Waals surface area contributed by atoms with Crippen LogP contribution in [0.1, 0.15) is 23.7 Å². The SMILES string of the molecule is CN=CC(=CN)c1ccc2c(=O)n(C)cc(-c3cc(C(O)CCO)ccc3OC)c2c1. The normalized spacial score (nSPS) is 13.1. The van der Waals surface area contributed by atoms with Crippen LogP contribution >= 0.6 is 0 Å². The molecule has 0 amide bonds. The van der Waals surface area contributed by atoms with Crippen molar-refractivity contribution >= 4 is 22.6 Å². The number of nitrogens with two attached hydrogens (primary N) is 1. The molecule has 1 atom stereocenters. The standard InChI is InChI=1S/C24H27N3O4/c1-26-13-17(12-25)15-4-6-18-19(10-15)21(14-27(2)24(18)30)20-11-16(22(29)8-9-28)5-7-23(20)31-3/h4-7,10-14,22,28-29H,8-9,25H2,1-3H3. The molecule has 0 radical (unpaired) electrons. The number of methoxy groups -OCH3 is 1. The summed E-state index contributed by atoms with van der Waals surface area (Å²) in [7, 11) is 4.94. The lowest BCUT2D eigenvalue weighted by Gasteiger charge is -2.17.